The molecule has 0 unspecified atom stereocenters. The van der Waals surface area contributed by atoms with Gasteiger partial charge in [-0.25, -0.2) is 0 Å². The van der Waals surface area contributed by atoms with Crippen LogP contribution in [-0.4, -0.2) is 32.3 Å². The molecular weight excluding hydrogens is 434 g/mol. The number of anilines is 2. The first kappa shape index (κ1) is 22.3. The normalized spacial score (nSPS) is 10.6. The Morgan fingerprint density at radius 3 is 2.21 bits per heavy atom. The van der Waals surface area contributed by atoms with Crippen LogP contribution < -0.4 is 10.6 Å². The summed E-state index contributed by atoms with van der Waals surface area (Å²) in [6.07, 6.45) is 0.630. The van der Waals surface area contributed by atoms with Crippen molar-refractivity contribution in [2.45, 2.75) is 18.5 Å². The van der Waals surface area contributed by atoms with Crippen LogP contribution in [0.4, 0.5) is 11.4 Å². The summed E-state index contributed by atoms with van der Waals surface area (Å²) in [6, 6.07) is 27.0. The highest BCUT2D eigenvalue weighted by Gasteiger charge is 2.16. The Morgan fingerprint density at radius 2 is 1.52 bits per heavy atom. The van der Waals surface area contributed by atoms with Crippen LogP contribution in [0.15, 0.2) is 90.1 Å². The van der Waals surface area contributed by atoms with Gasteiger partial charge in [-0.2, -0.15) is 0 Å². The van der Waals surface area contributed by atoms with Crippen molar-refractivity contribution in [3.8, 4) is 5.69 Å². The highest BCUT2D eigenvalue weighted by Crippen LogP contribution is 2.24. The van der Waals surface area contributed by atoms with Crippen molar-refractivity contribution < 1.29 is 9.59 Å². The molecule has 3 aromatic carbocycles. The van der Waals surface area contributed by atoms with Gasteiger partial charge < -0.3 is 10.6 Å². The first-order valence-corrected chi connectivity index (χ1v) is 11.4. The molecule has 0 spiro atoms. The van der Waals surface area contributed by atoms with Crippen molar-refractivity contribution in [2.75, 3.05) is 16.4 Å². The molecule has 0 aliphatic heterocycles. The van der Waals surface area contributed by atoms with E-state index in [1.165, 1.54) is 18.7 Å². The van der Waals surface area contributed by atoms with E-state index in [0.29, 0.717) is 23.0 Å². The summed E-state index contributed by atoms with van der Waals surface area (Å²) in [4.78, 5) is 23.8. The number of nitrogens with one attached hydrogen (secondary N) is 2. The van der Waals surface area contributed by atoms with Crippen LogP contribution in [0.25, 0.3) is 5.69 Å². The van der Waals surface area contributed by atoms with Crippen molar-refractivity contribution in [2.24, 2.45) is 0 Å². The van der Waals surface area contributed by atoms with Crippen LogP contribution >= 0.6 is 11.8 Å². The Hall–Kier alpha value is -3.91. The van der Waals surface area contributed by atoms with E-state index in [1.807, 2.05) is 53.1 Å². The van der Waals surface area contributed by atoms with Crippen molar-refractivity contribution in [3.05, 3.63) is 96.3 Å². The lowest BCUT2D eigenvalue weighted by molar-refractivity contribution is -0.114. The molecule has 0 saturated carbocycles. The van der Waals surface area contributed by atoms with Gasteiger partial charge in [0.15, 0.2) is 5.16 Å². The minimum atomic E-state index is -0.174. The molecule has 0 fully saturated rings. The molecule has 0 saturated heterocycles. The third-order valence-corrected chi connectivity index (χ3v) is 5.65. The maximum atomic E-state index is 12.6. The number of nitrogens with zero attached hydrogens (tertiary/aromatic N) is 3. The van der Waals surface area contributed by atoms with Gasteiger partial charge >= 0.3 is 0 Å². The van der Waals surface area contributed by atoms with Crippen molar-refractivity contribution in [3.63, 3.8) is 0 Å². The molecule has 0 radical (unpaired) electrons. The molecule has 2 amide bonds. The van der Waals surface area contributed by atoms with E-state index in [0.717, 1.165) is 17.1 Å². The number of hydrogen-bond acceptors (Lipinski definition) is 5. The molecule has 8 heteroatoms. The maximum absolute atomic E-state index is 12.6. The third-order valence-electron chi connectivity index (χ3n) is 4.72. The van der Waals surface area contributed by atoms with Gasteiger partial charge in [0, 0.05) is 30.4 Å². The Kier molecular flexibility index (Phi) is 7.16. The SMILES string of the molecule is CC(=O)Nc1cccc(NC(=O)CSc2nnc(Cc3ccccc3)n2-c2ccccc2)c1. The van der Waals surface area contributed by atoms with Gasteiger partial charge in [-0.3, -0.25) is 14.2 Å². The summed E-state index contributed by atoms with van der Waals surface area (Å²) >= 11 is 1.32. The zero-order valence-corrected chi connectivity index (χ0v) is 18.9. The van der Waals surface area contributed by atoms with Crippen molar-refractivity contribution in [1.29, 1.82) is 0 Å². The number of amides is 2. The molecule has 1 heterocycles. The van der Waals surface area contributed by atoms with Crippen molar-refractivity contribution >= 4 is 35.0 Å². The molecule has 0 bridgehead atoms. The van der Waals surface area contributed by atoms with Gasteiger partial charge in [-0.1, -0.05) is 66.4 Å². The largest absolute Gasteiger partial charge is 0.326 e. The Labute approximate surface area is 196 Å². The summed E-state index contributed by atoms with van der Waals surface area (Å²) in [5.41, 5.74) is 3.32. The molecule has 4 aromatic rings. The fraction of sp³-hybridized carbons (Fsp3) is 0.120. The molecule has 166 valence electrons. The maximum Gasteiger partial charge on any atom is 0.234 e. The third kappa shape index (κ3) is 6.08. The van der Waals surface area contributed by atoms with Crippen molar-refractivity contribution in [1.82, 2.24) is 14.8 Å². The highest BCUT2D eigenvalue weighted by atomic mass is 32.2. The molecule has 0 aliphatic carbocycles. The molecule has 33 heavy (non-hydrogen) atoms. The average Bonchev–Trinajstić information content (AvgIpc) is 3.21. The number of thioether (sulfide) groups is 1. The van der Waals surface area contributed by atoms with E-state index in [1.54, 1.807) is 24.3 Å². The number of para-hydroxylation sites is 1. The van der Waals surface area contributed by atoms with Crippen LogP contribution in [0.3, 0.4) is 0 Å². The molecule has 0 atom stereocenters. The van der Waals surface area contributed by atoms with E-state index in [-0.39, 0.29) is 17.6 Å². The Morgan fingerprint density at radius 1 is 0.848 bits per heavy atom. The second-order valence-electron chi connectivity index (χ2n) is 7.33. The average molecular weight is 458 g/mol. The topological polar surface area (TPSA) is 88.9 Å². The van der Waals surface area contributed by atoms with Gasteiger partial charge in [0.05, 0.1) is 5.75 Å². The van der Waals surface area contributed by atoms with Crippen LogP contribution in [0, 0.1) is 0 Å². The van der Waals surface area contributed by atoms with Crippen LogP contribution in [0.2, 0.25) is 0 Å². The molecule has 0 aliphatic rings. The summed E-state index contributed by atoms with van der Waals surface area (Å²) in [5.74, 6) is 0.631. The number of benzene rings is 3. The standard InChI is InChI=1S/C25H23N5O2S/c1-18(31)26-20-11-8-12-21(16-20)27-24(32)17-33-25-29-28-23(15-19-9-4-2-5-10-19)30(25)22-13-6-3-7-14-22/h2-14,16H,15,17H2,1H3,(H,26,31)(H,27,32). The number of hydrogen-bond donors (Lipinski definition) is 2. The fourth-order valence-corrected chi connectivity index (χ4v) is 4.10. The summed E-state index contributed by atoms with van der Waals surface area (Å²) in [7, 11) is 0. The quantitative estimate of drug-likeness (QED) is 0.379. The number of carbonyl (C=O) groups is 2. The first-order chi connectivity index (χ1) is 16.1. The summed E-state index contributed by atoms with van der Waals surface area (Å²) < 4.78 is 1.99. The molecule has 4 rings (SSSR count). The van der Waals surface area contributed by atoms with E-state index < -0.39 is 0 Å². The van der Waals surface area contributed by atoms with Gasteiger partial charge in [0.25, 0.3) is 0 Å². The molecular formula is C25H23N5O2S. The van der Waals surface area contributed by atoms with Crippen LogP contribution in [-0.2, 0) is 16.0 Å². The zero-order valence-electron chi connectivity index (χ0n) is 18.1. The number of carbonyl (C=O) groups excluding carboxylic acids is 2. The van der Waals surface area contributed by atoms with Crippen LogP contribution in [0.5, 0.6) is 0 Å². The predicted octanol–water partition coefficient (Wildman–Crippen LogP) is 4.55. The van der Waals surface area contributed by atoms with E-state index in [9.17, 15) is 9.59 Å². The van der Waals surface area contributed by atoms with E-state index >= 15 is 0 Å². The van der Waals surface area contributed by atoms with E-state index in [4.69, 9.17) is 0 Å². The highest BCUT2D eigenvalue weighted by molar-refractivity contribution is 7.99. The fourth-order valence-electron chi connectivity index (χ4n) is 3.33. The second-order valence-corrected chi connectivity index (χ2v) is 8.27. The summed E-state index contributed by atoms with van der Waals surface area (Å²) in [6.45, 7) is 1.44. The molecule has 2 N–H and O–H groups in total. The lowest BCUT2D eigenvalue weighted by atomic mass is 10.1. The first-order valence-electron chi connectivity index (χ1n) is 10.4. The minimum absolute atomic E-state index is 0.166. The second kappa shape index (κ2) is 10.6. The lowest BCUT2D eigenvalue weighted by Gasteiger charge is -2.11. The van der Waals surface area contributed by atoms with Gasteiger partial charge in [0.2, 0.25) is 11.8 Å². The molecule has 7 nitrogen and oxygen atoms in total. The lowest BCUT2D eigenvalue weighted by Crippen LogP contribution is -2.15. The van der Waals surface area contributed by atoms with E-state index in [2.05, 4.69) is 33.0 Å². The van der Waals surface area contributed by atoms with Crippen LogP contribution in [0.1, 0.15) is 18.3 Å². The smallest absolute Gasteiger partial charge is 0.234 e. The minimum Gasteiger partial charge on any atom is -0.326 e. The number of rotatable bonds is 8. The van der Waals surface area contributed by atoms with Gasteiger partial charge in [0.1, 0.15) is 5.82 Å². The zero-order chi connectivity index (χ0) is 23.0. The Balaban J connectivity index is 1.49. The number of aromatic nitrogens is 3. The predicted molar refractivity (Wildman–Crippen MR) is 131 cm³/mol. The van der Waals surface area contributed by atoms with Gasteiger partial charge in [-0.15, -0.1) is 10.2 Å². The Bertz CT molecular complexity index is 1240. The summed E-state index contributed by atoms with van der Waals surface area (Å²) in [5, 5.41) is 15.0. The monoisotopic (exact) mass is 457 g/mol. The van der Waals surface area contributed by atoms with Gasteiger partial charge in [-0.05, 0) is 35.9 Å². The molecule has 1 aromatic heterocycles.